The Balaban J connectivity index is 1.20. The van der Waals surface area contributed by atoms with E-state index in [9.17, 15) is 14.7 Å². The molecule has 3 N–H and O–H groups in total. The molecular weight excluding hydrogens is 510 g/mol. The van der Waals surface area contributed by atoms with Crippen LogP contribution >= 0.6 is 0 Å². The van der Waals surface area contributed by atoms with Gasteiger partial charge in [0.1, 0.15) is 0 Å². The lowest BCUT2D eigenvalue weighted by Gasteiger charge is -2.27. The SMILES string of the molecule is O=C(N[C@@H](Cc1ccccc1)[C@@H](O)CNC1Cc2ccccc2C1)c1cc(C2CCCC2)cc(N2CCCC2=O)c1. The summed E-state index contributed by atoms with van der Waals surface area (Å²) in [6.45, 7) is 1.09. The van der Waals surface area contributed by atoms with Crippen molar-refractivity contribution in [3.63, 3.8) is 0 Å². The van der Waals surface area contributed by atoms with Gasteiger partial charge in [0.05, 0.1) is 12.1 Å². The van der Waals surface area contributed by atoms with Gasteiger partial charge in [0.25, 0.3) is 5.91 Å². The first kappa shape index (κ1) is 27.7. The lowest BCUT2D eigenvalue weighted by molar-refractivity contribution is -0.117. The van der Waals surface area contributed by atoms with Gasteiger partial charge < -0.3 is 20.6 Å². The van der Waals surface area contributed by atoms with Crippen LogP contribution in [0.2, 0.25) is 0 Å². The van der Waals surface area contributed by atoms with Crippen LogP contribution in [-0.2, 0) is 24.1 Å². The van der Waals surface area contributed by atoms with Crippen molar-refractivity contribution in [3.8, 4) is 0 Å². The van der Waals surface area contributed by atoms with Crippen LogP contribution in [0, 0.1) is 0 Å². The third-order valence-corrected chi connectivity index (χ3v) is 9.16. The number of fused-ring (bicyclic) bond motifs is 1. The number of nitrogens with zero attached hydrogens (tertiary/aromatic N) is 1. The molecule has 0 bridgehead atoms. The monoisotopic (exact) mass is 551 g/mol. The van der Waals surface area contributed by atoms with Gasteiger partial charge in [-0.25, -0.2) is 0 Å². The molecule has 3 aromatic rings. The second-order valence-corrected chi connectivity index (χ2v) is 12.1. The van der Waals surface area contributed by atoms with Gasteiger partial charge >= 0.3 is 0 Å². The Hall–Kier alpha value is -3.48. The highest BCUT2D eigenvalue weighted by Crippen LogP contribution is 2.37. The molecule has 214 valence electrons. The fourth-order valence-corrected chi connectivity index (χ4v) is 6.87. The molecule has 6 heteroatoms. The van der Waals surface area contributed by atoms with Gasteiger partial charge in [-0.3, -0.25) is 9.59 Å². The van der Waals surface area contributed by atoms with E-state index in [4.69, 9.17) is 0 Å². The molecule has 0 spiro atoms. The molecule has 2 fully saturated rings. The van der Waals surface area contributed by atoms with Gasteiger partial charge in [-0.1, -0.05) is 67.4 Å². The highest BCUT2D eigenvalue weighted by atomic mass is 16.3. The van der Waals surface area contributed by atoms with Crippen molar-refractivity contribution in [1.29, 1.82) is 0 Å². The average molecular weight is 552 g/mol. The summed E-state index contributed by atoms with van der Waals surface area (Å²) in [5, 5.41) is 18.2. The molecule has 3 aliphatic rings. The maximum Gasteiger partial charge on any atom is 0.251 e. The number of rotatable bonds is 10. The maximum atomic E-state index is 13.8. The molecule has 1 aliphatic heterocycles. The molecule has 2 amide bonds. The van der Waals surface area contributed by atoms with E-state index in [-0.39, 0.29) is 17.9 Å². The van der Waals surface area contributed by atoms with E-state index in [1.54, 1.807) is 0 Å². The Bertz CT molecular complexity index is 1340. The van der Waals surface area contributed by atoms with E-state index in [1.165, 1.54) is 24.0 Å². The molecule has 0 aromatic heterocycles. The first-order chi connectivity index (χ1) is 20.0. The molecule has 2 atom stereocenters. The zero-order chi connectivity index (χ0) is 28.2. The van der Waals surface area contributed by atoms with Crippen molar-refractivity contribution in [1.82, 2.24) is 10.6 Å². The quantitative estimate of drug-likeness (QED) is 0.334. The molecule has 1 saturated carbocycles. The van der Waals surface area contributed by atoms with Crippen LogP contribution in [-0.4, -0.2) is 48.2 Å². The van der Waals surface area contributed by atoms with Crippen molar-refractivity contribution < 1.29 is 14.7 Å². The van der Waals surface area contributed by atoms with Crippen LogP contribution < -0.4 is 15.5 Å². The number of anilines is 1. The summed E-state index contributed by atoms with van der Waals surface area (Å²) in [6, 6.07) is 24.3. The van der Waals surface area contributed by atoms with Crippen LogP contribution in [0.1, 0.15) is 77.1 Å². The number of benzene rings is 3. The van der Waals surface area contributed by atoms with E-state index in [0.717, 1.165) is 48.9 Å². The van der Waals surface area contributed by atoms with Crippen molar-refractivity contribution in [2.24, 2.45) is 0 Å². The third kappa shape index (κ3) is 6.55. The normalized spacial score (nSPS) is 19.0. The molecule has 0 radical (unpaired) electrons. The van der Waals surface area contributed by atoms with Crippen molar-refractivity contribution in [2.75, 3.05) is 18.0 Å². The summed E-state index contributed by atoms with van der Waals surface area (Å²) in [5.74, 6) is 0.341. The van der Waals surface area contributed by atoms with Crippen molar-refractivity contribution >= 4 is 17.5 Å². The summed E-state index contributed by atoms with van der Waals surface area (Å²) in [4.78, 5) is 28.3. The van der Waals surface area contributed by atoms with Crippen molar-refractivity contribution in [3.05, 3.63) is 101 Å². The summed E-state index contributed by atoms with van der Waals surface area (Å²) in [5.41, 5.74) is 6.32. The Morgan fingerprint density at radius 1 is 0.927 bits per heavy atom. The molecule has 0 unspecified atom stereocenters. The van der Waals surface area contributed by atoms with Crippen LogP contribution in [0.4, 0.5) is 5.69 Å². The molecule has 6 nitrogen and oxygen atoms in total. The van der Waals surface area contributed by atoms with E-state index >= 15 is 0 Å². The Morgan fingerprint density at radius 2 is 1.63 bits per heavy atom. The fraction of sp³-hybridized carbons (Fsp3) is 0.429. The Kier molecular flexibility index (Phi) is 8.49. The number of carbonyl (C=O) groups is 2. The zero-order valence-electron chi connectivity index (χ0n) is 23.7. The minimum atomic E-state index is -0.763. The van der Waals surface area contributed by atoms with E-state index in [0.29, 0.717) is 37.4 Å². The summed E-state index contributed by atoms with van der Waals surface area (Å²) in [6.07, 6.45) is 7.69. The second-order valence-electron chi connectivity index (χ2n) is 12.1. The number of hydrogen-bond acceptors (Lipinski definition) is 4. The number of aliphatic hydroxyl groups excluding tert-OH is 1. The van der Waals surface area contributed by atoms with Gasteiger partial charge in [0.2, 0.25) is 5.91 Å². The molecular formula is C35H41N3O3. The van der Waals surface area contributed by atoms with Gasteiger partial charge in [0.15, 0.2) is 0 Å². The minimum Gasteiger partial charge on any atom is -0.390 e. The van der Waals surface area contributed by atoms with Crippen LogP contribution in [0.25, 0.3) is 0 Å². The van der Waals surface area contributed by atoms with Gasteiger partial charge in [-0.05, 0) is 84.9 Å². The summed E-state index contributed by atoms with van der Waals surface area (Å²) >= 11 is 0. The highest BCUT2D eigenvalue weighted by Gasteiger charge is 2.28. The van der Waals surface area contributed by atoms with E-state index in [2.05, 4.69) is 41.0 Å². The molecule has 6 rings (SSSR count). The number of carbonyl (C=O) groups excluding carboxylic acids is 2. The molecule has 1 saturated heterocycles. The Labute approximate surface area is 243 Å². The molecule has 2 aliphatic carbocycles. The van der Waals surface area contributed by atoms with Crippen molar-refractivity contribution in [2.45, 2.75) is 81.9 Å². The summed E-state index contributed by atoms with van der Waals surface area (Å²) in [7, 11) is 0. The predicted octanol–water partition coefficient (Wildman–Crippen LogP) is 4.93. The maximum absolute atomic E-state index is 13.8. The van der Waals surface area contributed by atoms with Crippen LogP contribution in [0.3, 0.4) is 0 Å². The smallest absolute Gasteiger partial charge is 0.251 e. The topological polar surface area (TPSA) is 81.7 Å². The first-order valence-corrected chi connectivity index (χ1v) is 15.3. The Morgan fingerprint density at radius 3 is 2.32 bits per heavy atom. The lowest BCUT2D eigenvalue weighted by Crippen LogP contribution is -2.50. The molecule has 3 aromatic carbocycles. The predicted molar refractivity (Wildman–Crippen MR) is 162 cm³/mol. The second kappa shape index (κ2) is 12.6. The van der Waals surface area contributed by atoms with Crippen LogP contribution in [0.15, 0.2) is 72.8 Å². The highest BCUT2D eigenvalue weighted by molar-refractivity contribution is 5.99. The standard InChI is InChI=1S/C35H41N3O3/c39-33(23-36-30-19-26-13-6-7-14-27(26)20-30)32(17-24-9-2-1-3-10-24)37-35(41)29-18-28(25-11-4-5-12-25)21-31(22-29)38-16-8-15-34(38)40/h1-3,6-7,9-10,13-14,18,21-22,25,30,32-33,36,39H,4-5,8,11-12,15-17,19-20,23H2,(H,37,41)/t32-,33-/m0/s1. The fourth-order valence-electron chi connectivity index (χ4n) is 6.87. The van der Waals surface area contributed by atoms with Crippen LogP contribution in [0.5, 0.6) is 0 Å². The molecule has 1 heterocycles. The number of aliphatic hydroxyl groups is 1. The average Bonchev–Trinajstić information content (AvgIpc) is 3.77. The molecule has 41 heavy (non-hydrogen) atoms. The largest absolute Gasteiger partial charge is 0.390 e. The van der Waals surface area contributed by atoms with Gasteiger partial charge in [-0.15, -0.1) is 0 Å². The van der Waals surface area contributed by atoms with E-state index in [1.807, 2.05) is 47.4 Å². The van der Waals surface area contributed by atoms with E-state index < -0.39 is 12.1 Å². The van der Waals surface area contributed by atoms with Gasteiger partial charge in [-0.2, -0.15) is 0 Å². The lowest BCUT2D eigenvalue weighted by atomic mass is 9.94. The zero-order valence-corrected chi connectivity index (χ0v) is 23.7. The number of hydrogen-bond donors (Lipinski definition) is 3. The number of amides is 2. The summed E-state index contributed by atoms with van der Waals surface area (Å²) < 4.78 is 0. The number of nitrogens with one attached hydrogen (secondary N) is 2. The minimum absolute atomic E-state index is 0.123. The first-order valence-electron chi connectivity index (χ1n) is 15.3. The third-order valence-electron chi connectivity index (χ3n) is 9.16. The van der Waals surface area contributed by atoms with Gasteiger partial charge in [0, 0.05) is 36.8 Å².